The monoisotopic (exact) mass is 271 g/mol. The summed E-state index contributed by atoms with van der Waals surface area (Å²) in [6.45, 7) is 5.64. The SMILES string of the molecule is Cc1nc(CN(CCC#N)c2ccccc2)sc1C. The van der Waals surface area contributed by atoms with Gasteiger partial charge in [0.2, 0.25) is 0 Å². The van der Waals surface area contributed by atoms with E-state index in [4.69, 9.17) is 5.26 Å². The summed E-state index contributed by atoms with van der Waals surface area (Å²) < 4.78 is 0. The van der Waals surface area contributed by atoms with Crippen LogP contribution in [0.4, 0.5) is 5.69 Å². The fourth-order valence-electron chi connectivity index (χ4n) is 1.89. The summed E-state index contributed by atoms with van der Waals surface area (Å²) in [5, 5.41) is 9.89. The standard InChI is InChI=1S/C15H17N3S/c1-12-13(2)19-15(17-12)11-18(10-6-9-16)14-7-4-3-5-8-14/h3-5,7-8H,6,10-11H2,1-2H3. The van der Waals surface area contributed by atoms with Crippen LogP contribution in [0.3, 0.4) is 0 Å². The number of thiazole rings is 1. The minimum atomic E-state index is 0.526. The topological polar surface area (TPSA) is 39.9 Å². The average Bonchev–Trinajstić information content (AvgIpc) is 2.74. The normalized spacial score (nSPS) is 10.2. The molecule has 0 amide bonds. The predicted octanol–water partition coefficient (Wildman–Crippen LogP) is 3.68. The van der Waals surface area contributed by atoms with E-state index in [2.05, 4.69) is 35.0 Å². The van der Waals surface area contributed by atoms with Gasteiger partial charge in [-0.3, -0.25) is 0 Å². The molecule has 0 atom stereocenters. The highest BCUT2D eigenvalue weighted by atomic mass is 32.1. The van der Waals surface area contributed by atoms with Crippen LogP contribution >= 0.6 is 11.3 Å². The molecule has 2 rings (SSSR count). The van der Waals surface area contributed by atoms with E-state index < -0.39 is 0 Å². The van der Waals surface area contributed by atoms with Gasteiger partial charge in [0.1, 0.15) is 5.01 Å². The fraction of sp³-hybridized carbons (Fsp3) is 0.333. The third kappa shape index (κ3) is 3.55. The first kappa shape index (κ1) is 13.6. The molecule has 0 bridgehead atoms. The molecule has 19 heavy (non-hydrogen) atoms. The molecule has 4 heteroatoms. The molecule has 0 aliphatic carbocycles. The molecule has 2 aromatic rings. The van der Waals surface area contributed by atoms with Crippen LogP contribution in [0.1, 0.15) is 22.0 Å². The number of aromatic nitrogens is 1. The fourth-order valence-corrected chi connectivity index (χ4v) is 2.84. The number of rotatable bonds is 5. The maximum Gasteiger partial charge on any atom is 0.112 e. The van der Waals surface area contributed by atoms with Gasteiger partial charge in [0.25, 0.3) is 0 Å². The van der Waals surface area contributed by atoms with Gasteiger partial charge in [-0.15, -0.1) is 11.3 Å². The first-order valence-electron chi connectivity index (χ1n) is 6.30. The van der Waals surface area contributed by atoms with Gasteiger partial charge in [0.15, 0.2) is 0 Å². The van der Waals surface area contributed by atoms with E-state index >= 15 is 0 Å². The van der Waals surface area contributed by atoms with E-state index in [1.165, 1.54) is 4.88 Å². The summed E-state index contributed by atoms with van der Waals surface area (Å²) in [6, 6.07) is 12.4. The van der Waals surface area contributed by atoms with Crippen molar-refractivity contribution in [1.82, 2.24) is 4.98 Å². The Morgan fingerprint density at radius 3 is 2.58 bits per heavy atom. The first-order valence-corrected chi connectivity index (χ1v) is 7.12. The maximum atomic E-state index is 8.79. The smallest absolute Gasteiger partial charge is 0.112 e. The molecule has 0 radical (unpaired) electrons. The molecule has 0 spiro atoms. The highest BCUT2D eigenvalue weighted by molar-refractivity contribution is 7.11. The highest BCUT2D eigenvalue weighted by Gasteiger charge is 2.10. The third-order valence-electron chi connectivity index (χ3n) is 3.01. The molecule has 0 unspecified atom stereocenters. The van der Waals surface area contributed by atoms with E-state index in [1.54, 1.807) is 11.3 Å². The van der Waals surface area contributed by atoms with Crippen LogP contribution in [0, 0.1) is 25.2 Å². The summed E-state index contributed by atoms with van der Waals surface area (Å²) in [5.74, 6) is 0. The second-order valence-electron chi connectivity index (χ2n) is 4.41. The van der Waals surface area contributed by atoms with Crippen molar-refractivity contribution >= 4 is 17.0 Å². The summed E-state index contributed by atoms with van der Waals surface area (Å²) >= 11 is 1.74. The van der Waals surface area contributed by atoms with Gasteiger partial charge < -0.3 is 4.90 Å². The van der Waals surface area contributed by atoms with Gasteiger partial charge in [0.05, 0.1) is 24.7 Å². The molecule has 0 fully saturated rings. The lowest BCUT2D eigenvalue weighted by Gasteiger charge is -2.22. The number of nitriles is 1. The molecule has 1 heterocycles. The average molecular weight is 271 g/mol. The van der Waals surface area contributed by atoms with Gasteiger partial charge in [-0.05, 0) is 26.0 Å². The Kier molecular flexibility index (Phi) is 4.53. The van der Waals surface area contributed by atoms with Crippen molar-refractivity contribution in [1.29, 1.82) is 5.26 Å². The van der Waals surface area contributed by atoms with E-state index in [0.717, 1.165) is 29.5 Å². The van der Waals surface area contributed by atoms with Crippen LogP contribution in [0.5, 0.6) is 0 Å². The summed E-state index contributed by atoms with van der Waals surface area (Å²) in [6.07, 6.45) is 0.526. The van der Waals surface area contributed by atoms with E-state index in [1.807, 2.05) is 25.1 Å². The van der Waals surface area contributed by atoms with Gasteiger partial charge >= 0.3 is 0 Å². The van der Waals surface area contributed by atoms with Crippen molar-refractivity contribution in [2.45, 2.75) is 26.8 Å². The molecule has 0 N–H and O–H groups in total. The van der Waals surface area contributed by atoms with Crippen LogP contribution < -0.4 is 4.90 Å². The van der Waals surface area contributed by atoms with Crippen LogP contribution in [-0.2, 0) is 6.54 Å². The number of nitrogens with zero attached hydrogens (tertiary/aromatic N) is 3. The number of para-hydroxylation sites is 1. The third-order valence-corrected chi connectivity index (χ3v) is 4.07. The van der Waals surface area contributed by atoms with Gasteiger partial charge in [-0.1, -0.05) is 18.2 Å². The lowest BCUT2D eigenvalue weighted by Crippen LogP contribution is -2.23. The zero-order valence-corrected chi connectivity index (χ0v) is 12.1. The van der Waals surface area contributed by atoms with Crippen LogP contribution in [0.25, 0.3) is 0 Å². The van der Waals surface area contributed by atoms with E-state index in [-0.39, 0.29) is 0 Å². The zero-order valence-electron chi connectivity index (χ0n) is 11.3. The van der Waals surface area contributed by atoms with Gasteiger partial charge in [0, 0.05) is 17.1 Å². The number of anilines is 1. The van der Waals surface area contributed by atoms with E-state index in [0.29, 0.717) is 6.42 Å². The summed E-state index contributed by atoms with van der Waals surface area (Å²) in [5.41, 5.74) is 2.25. The summed E-state index contributed by atoms with van der Waals surface area (Å²) in [7, 11) is 0. The van der Waals surface area contributed by atoms with Crippen molar-refractivity contribution in [3.63, 3.8) is 0 Å². The molecular formula is C15H17N3S. The highest BCUT2D eigenvalue weighted by Crippen LogP contribution is 2.21. The number of aryl methyl sites for hydroxylation is 2. The first-order chi connectivity index (χ1) is 9.20. The van der Waals surface area contributed by atoms with Crippen molar-refractivity contribution in [2.75, 3.05) is 11.4 Å². The second-order valence-corrected chi connectivity index (χ2v) is 5.70. The maximum absolute atomic E-state index is 8.79. The predicted molar refractivity (Wildman–Crippen MR) is 79.3 cm³/mol. The van der Waals surface area contributed by atoms with Crippen LogP contribution in [0.15, 0.2) is 30.3 Å². The number of hydrogen-bond donors (Lipinski definition) is 0. The molecule has 1 aromatic heterocycles. The van der Waals surface area contributed by atoms with E-state index in [9.17, 15) is 0 Å². The Labute approximate surface area is 118 Å². The molecule has 98 valence electrons. The Hall–Kier alpha value is -1.86. The molecule has 1 aromatic carbocycles. The Bertz CT molecular complexity index is 549. The molecular weight excluding hydrogens is 254 g/mol. The second kappa shape index (κ2) is 6.35. The largest absolute Gasteiger partial charge is 0.364 e. The number of hydrogen-bond acceptors (Lipinski definition) is 4. The minimum absolute atomic E-state index is 0.526. The Morgan fingerprint density at radius 2 is 2.00 bits per heavy atom. The molecule has 0 saturated heterocycles. The van der Waals surface area contributed by atoms with Crippen molar-refractivity contribution < 1.29 is 0 Å². The van der Waals surface area contributed by atoms with Gasteiger partial charge in [-0.25, -0.2) is 4.98 Å². The Morgan fingerprint density at radius 1 is 1.26 bits per heavy atom. The minimum Gasteiger partial charge on any atom is -0.364 e. The van der Waals surface area contributed by atoms with Crippen molar-refractivity contribution in [2.24, 2.45) is 0 Å². The lowest BCUT2D eigenvalue weighted by atomic mass is 10.2. The van der Waals surface area contributed by atoms with Crippen molar-refractivity contribution in [3.8, 4) is 6.07 Å². The van der Waals surface area contributed by atoms with Crippen molar-refractivity contribution in [3.05, 3.63) is 45.9 Å². The molecule has 0 saturated carbocycles. The molecule has 0 aliphatic heterocycles. The Balaban J connectivity index is 2.16. The molecule has 0 aliphatic rings. The van der Waals surface area contributed by atoms with Crippen LogP contribution in [0.2, 0.25) is 0 Å². The zero-order chi connectivity index (χ0) is 13.7. The molecule has 3 nitrogen and oxygen atoms in total. The number of benzene rings is 1. The lowest BCUT2D eigenvalue weighted by molar-refractivity contribution is 0.791. The quantitative estimate of drug-likeness (QED) is 0.832. The summed E-state index contributed by atoms with van der Waals surface area (Å²) in [4.78, 5) is 8.05. The van der Waals surface area contributed by atoms with Gasteiger partial charge in [-0.2, -0.15) is 5.26 Å². The van der Waals surface area contributed by atoms with Crippen LogP contribution in [-0.4, -0.2) is 11.5 Å².